The molecular weight excluding hydrogens is 259 g/mol. The maximum Gasteiger partial charge on any atom is 0.416 e. The van der Waals surface area contributed by atoms with Gasteiger partial charge in [-0.15, -0.1) is 10.2 Å². The van der Waals surface area contributed by atoms with Gasteiger partial charge in [-0.05, 0) is 19.1 Å². The van der Waals surface area contributed by atoms with Crippen molar-refractivity contribution in [3.05, 3.63) is 35.7 Å². The Kier molecular flexibility index (Phi) is 3.57. The molecule has 0 fully saturated rings. The van der Waals surface area contributed by atoms with Gasteiger partial charge in [0.05, 0.1) is 5.56 Å². The molecule has 0 spiro atoms. The van der Waals surface area contributed by atoms with E-state index < -0.39 is 11.7 Å². The molecule has 0 unspecified atom stereocenters. The Bertz CT molecular complexity index is 578. The van der Waals surface area contributed by atoms with E-state index in [0.717, 1.165) is 12.1 Å². The predicted octanol–water partition coefficient (Wildman–Crippen LogP) is 2.48. The largest absolute Gasteiger partial charge is 0.416 e. The summed E-state index contributed by atoms with van der Waals surface area (Å²) in [6.45, 7) is 1.97. The summed E-state index contributed by atoms with van der Waals surface area (Å²) in [5.74, 6) is 0.646. The summed E-state index contributed by atoms with van der Waals surface area (Å²) < 4.78 is 39.5. The first-order valence-corrected chi connectivity index (χ1v) is 5.68. The Morgan fingerprint density at radius 1 is 1.26 bits per heavy atom. The molecule has 4 nitrogen and oxygen atoms in total. The third-order valence-electron chi connectivity index (χ3n) is 2.73. The molecular formula is C12H12F3N3O. The summed E-state index contributed by atoms with van der Waals surface area (Å²) in [4.78, 5) is 0. The van der Waals surface area contributed by atoms with Gasteiger partial charge in [-0.25, -0.2) is 0 Å². The standard InChI is InChI=1S/C12H12F3N3O/c1-2-18-10(7-19)16-17-11(18)8-4-3-5-9(6-8)12(13,14)15/h3-6,19H,2,7H2,1H3. The van der Waals surface area contributed by atoms with Gasteiger partial charge in [-0.2, -0.15) is 13.2 Å². The Balaban J connectivity index is 2.51. The molecule has 19 heavy (non-hydrogen) atoms. The molecule has 0 bridgehead atoms. The molecule has 2 aromatic rings. The molecule has 1 aromatic heterocycles. The molecule has 1 heterocycles. The van der Waals surface area contributed by atoms with E-state index in [2.05, 4.69) is 10.2 Å². The van der Waals surface area contributed by atoms with E-state index in [1.54, 1.807) is 11.5 Å². The van der Waals surface area contributed by atoms with Gasteiger partial charge in [0.1, 0.15) is 6.61 Å². The molecule has 0 saturated carbocycles. The summed E-state index contributed by atoms with van der Waals surface area (Å²) in [7, 11) is 0. The SMILES string of the molecule is CCn1c(CO)nnc1-c1cccc(C(F)(F)F)c1. The zero-order chi connectivity index (χ0) is 14.0. The highest BCUT2D eigenvalue weighted by Crippen LogP contribution is 2.31. The van der Waals surface area contributed by atoms with Gasteiger partial charge in [0.25, 0.3) is 0 Å². The highest BCUT2D eigenvalue weighted by Gasteiger charge is 2.30. The second-order valence-corrected chi connectivity index (χ2v) is 3.92. The molecule has 1 N–H and O–H groups in total. The Morgan fingerprint density at radius 2 is 2.00 bits per heavy atom. The first-order chi connectivity index (χ1) is 8.97. The fraction of sp³-hybridized carbons (Fsp3) is 0.333. The van der Waals surface area contributed by atoms with Crippen molar-refractivity contribution in [3.63, 3.8) is 0 Å². The van der Waals surface area contributed by atoms with Crippen LogP contribution >= 0.6 is 0 Å². The molecule has 0 radical (unpaired) electrons. The van der Waals surface area contributed by atoms with Crippen LogP contribution < -0.4 is 0 Å². The van der Waals surface area contributed by atoms with Crippen LogP contribution in [-0.2, 0) is 19.3 Å². The molecule has 0 aliphatic heterocycles. The zero-order valence-corrected chi connectivity index (χ0v) is 10.1. The van der Waals surface area contributed by atoms with Crippen molar-refractivity contribution in [2.24, 2.45) is 0 Å². The summed E-state index contributed by atoms with van der Waals surface area (Å²) in [5, 5.41) is 16.7. The van der Waals surface area contributed by atoms with Crippen molar-refractivity contribution in [2.45, 2.75) is 26.3 Å². The van der Waals surface area contributed by atoms with Crippen molar-refractivity contribution in [3.8, 4) is 11.4 Å². The topological polar surface area (TPSA) is 50.9 Å². The quantitative estimate of drug-likeness (QED) is 0.933. The minimum atomic E-state index is -4.40. The van der Waals surface area contributed by atoms with Crippen molar-refractivity contribution in [1.82, 2.24) is 14.8 Å². The molecule has 1 aromatic carbocycles. The zero-order valence-electron chi connectivity index (χ0n) is 10.1. The Hall–Kier alpha value is -1.89. The van der Waals surface area contributed by atoms with Crippen LogP contribution in [0.15, 0.2) is 24.3 Å². The highest BCUT2D eigenvalue weighted by molar-refractivity contribution is 5.57. The number of benzene rings is 1. The van der Waals surface area contributed by atoms with Gasteiger partial charge in [0.2, 0.25) is 0 Å². The van der Waals surface area contributed by atoms with Crippen LogP contribution in [0.1, 0.15) is 18.3 Å². The number of hydrogen-bond donors (Lipinski definition) is 1. The van der Waals surface area contributed by atoms with E-state index in [4.69, 9.17) is 5.11 Å². The van der Waals surface area contributed by atoms with Gasteiger partial charge >= 0.3 is 6.18 Å². The number of alkyl halides is 3. The fourth-order valence-corrected chi connectivity index (χ4v) is 1.83. The predicted molar refractivity (Wildman–Crippen MR) is 62.1 cm³/mol. The molecule has 0 saturated heterocycles. The lowest BCUT2D eigenvalue weighted by molar-refractivity contribution is -0.137. The Labute approximate surface area is 107 Å². The van der Waals surface area contributed by atoms with Crippen LogP contribution in [-0.4, -0.2) is 19.9 Å². The average molecular weight is 271 g/mol. The molecule has 7 heteroatoms. The number of aliphatic hydroxyl groups is 1. The maximum atomic E-state index is 12.7. The van der Waals surface area contributed by atoms with Gasteiger partial charge in [0.15, 0.2) is 11.6 Å². The van der Waals surface area contributed by atoms with E-state index >= 15 is 0 Å². The number of aromatic nitrogens is 3. The summed E-state index contributed by atoms with van der Waals surface area (Å²) >= 11 is 0. The lowest BCUT2D eigenvalue weighted by Crippen LogP contribution is -2.06. The molecule has 102 valence electrons. The third kappa shape index (κ3) is 2.60. The minimum absolute atomic E-state index is 0.306. The molecule has 2 rings (SSSR count). The summed E-state index contributed by atoms with van der Waals surface area (Å²) in [5.41, 5.74) is -0.412. The second-order valence-electron chi connectivity index (χ2n) is 3.92. The van der Waals surface area contributed by atoms with Gasteiger partial charge in [0, 0.05) is 12.1 Å². The van der Waals surface area contributed by atoms with Crippen LogP contribution in [0.2, 0.25) is 0 Å². The maximum absolute atomic E-state index is 12.7. The van der Waals surface area contributed by atoms with Crippen molar-refractivity contribution in [1.29, 1.82) is 0 Å². The van der Waals surface area contributed by atoms with Crippen molar-refractivity contribution >= 4 is 0 Å². The van der Waals surface area contributed by atoms with E-state index in [1.807, 2.05) is 0 Å². The van der Waals surface area contributed by atoms with Gasteiger partial charge in [-0.1, -0.05) is 12.1 Å². The van der Waals surface area contributed by atoms with E-state index in [0.29, 0.717) is 23.8 Å². The van der Waals surface area contributed by atoms with E-state index in [1.165, 1.54) is 12.1 Å². The lowest BCUT2D eigenvalue weighted by Gasteiger charge is -2.09. The first kappa shape index (κ1) is 13.5. The Morgan fingerprint density at radius 3 is 2.58 bits per heavy atom. The molecule has 0 atom stereocenters. The monoisotopic (exact) mass is 271 g/mol. The average Bonchev–Trinajstić information content (AvgIpc) is 2.80. The lowest BCUT2D eigenvalue weighted by atomic mass is 10.1. The van der Waals surface area contributed by atoms with E-state index in [-0.39, 0.29) is 6.61 Å². The number of hydrogen-bond acceptors (Lipinski definition) is 3. The van der Waals surface area contributed by atoms with Gasteiger partial charge < -0.3 is 9.67 Å². The number of nitrogens with zero attached hydrogens (tertiary/aromatic N) is 3. The van der Waals surface area contributed by atoms with Crippen molar-refractivity contribution in [2.75, 3.05) is 0 Å². The normalized spacial score (nSPS) is 11.8. The van der Waals surface area contributed by atoms with Crippen LogP contribution in [0, 0.1) is 0 Å². The highest BCUT2D eigenvalue weighted by atomic mass is 19.4. The summed E-state index contributed by atoms with van der Waals surface area (Å²) in [6.07, 6.45) is -4.40. The van der Waals surface area contributed by atoms with Crippen LogP contribution in [0.4, 0.5) is 13.2 Å². The molecule has 0 aliphatic rings. The number of rotatable bonds is 3. The number of aliphatic hydroxyl groups excluding tert-OH is 1. The van der Waals surface area contributed by atoms with Crippen molar-refractivity contribution < 1.29 is 18.3 Å². The smallest absolute Gasteiger partial charge is 0.388 e. The summed E-state index contributed by atoms with van der Waals surface area (Å²) in [6, 6.07) is 4.89. The van der Waals surface area contributed by atoms with Crippen LogP contribution in [0.5, 0.6) is 0 Å². The minimum Gasteiger partial charge on any atom is -0.388 e. The van der Waals surface area contributed by atoms with Crippen LogP contribution in [0.3, 0.4) is 0 Å². The van der Waals surface area contributed by atoms with Gasteiger partial charge in [-0.3, -0.25) is 0 Å². The molecule has 0 aliphatic carbocycles. The van der Waals surface area contributed by atoms with E-state index in [9.17, 15) is 13.2 Å². The fourth-order valence-electron chi connectivity index (χ4n) is 1.83. The van der Waals surface area contributed by atoms with Crippen LogP contribution in [0.25, 0.3) is 11.4 Å². The molecule has 0 amide bonds. The third-order valence-corrected chi connectivity index (χ3v) is 2.73. The second kappa shape index (κ2) is 5.00. The first-order valence-electron chi connectivity index (χ1n) is 5.68. The number of halogens is 3.